The van der Waals surface area contributed by atoms with Gasteiger partial charge in [0.15, 0.2) is 12.4 Å². The third kappa shape index (κ3) is 3.90. The maximum atomic E-state index is 13.3. The zero-order valence-electron chi connectivity index (χ0n) is 18.2. The van der Waals surface area contributed by atoms with Crippen molar-refractivity contribution < 1.29 is 22.5 Å². The summed E-state index contributed by atoms with van der Waals surface area (Å²) in [6.45, 7) is -0.0121. The van der Waals surface area contributed by atoms with Crippen molar-refractivity contribution in [3.63, 3.8) is 0 Å². The number of aromatic nitrogens is 2. The van der Waals surface area contributed by atoms with Crippen LogP contribution in [0.1, 0.15) is 69.0 Å². The minimum atomic E-state index is -3.70. The van der Waals surface area contributed by atoms with Crippen LogP contribution in [0.5, 0.6) is 5.75 Å². The fraction of sp³-hybridized carbons (Fsp3) is 0.591. The topological polar surface area (TPSA) is 106 Å². The van der Waals surface area contributed by atoms with Crippen molar-refractivity contribution in [1.29, 1.82) is 0 Å². The summed E-state index contributed by atoms with van der Waals surface area (Å²) in [5.41, 5.74) is 0.411. The van der Waals surface area contributed by atoms with Crippen LogP contribution in [0.4, 0.5) is 5.69 Å². The molecular weight excluding hydrogens is 432 g/mol. The minimum absolute atomic E-state index is 0.00280. The average Bonchev–Trinajstić information content (AvgIpc) is 3.22. The second kappa shape index (κ2) is 8.47. The SMILES string of the molecule is CN(C1CCCCC1)S(=O)(=O)c1ccc2c(c1)N(Cc1noc(C3CCC3)n1)C(=O)CO2. The number of ether oxygens (including phenoxy) is 1. The number of fused-ring (bicyclic) bond motifs is 1. The molecule has 32 heavy (non-hydrogen) atoms. The summed E-state index contributed by atoms with van der Waals surface area (Å²) in [5, 5.41) is 4.03. The molecule has 2 aliphatic carbocycles. The molecule has 3 aliphatic rings. The molecule has 9 nitrogen and oxygen atoms in total. The van der Waals surface area contributed by atoms with Crippen LogP contribution >= 0.6 is 0 Å². The van der Waals surface area contributed by atoms with Crippen molar-refractivity contribution in [3.8, 4) is 5.75 Å². The van der Waals surface area contributed by atoms with Gasteiger partial charge in [-0.3, -0.25) is 9.69 Å². The molecule has 0 atom stereocenters. The molecule has 0 bridgehead atoms. The number of sulfonamides is 1. The van der Waals surface area contributed by atoms with E-state index in [1.807, 2.05) is 0 Å². The van der Waals surface area contributed by atoms with Crippen LogP contribution in [0.15, 0.2) is 27.6 Å². The van der Waals surface area contributed by atoms with E-state index >= 15 is 0 Å². The highest BCUT2D eigenvalue weighted by Crippen LogP contribution is 2.38. The molecule has 2 heterocycles. The first-order chi connectivity index (χ1) is 15.4. The van der Waals surface area contributed by atoms with Gasteiger partial charge in [0.2, 0.25) is 15.9 Å². The van der Waals surface area contributed by atoms with Crippen LogP contribution in [0, 0.1) is 0 Å². The van der Waals surface area contributed by atoms with E-state index in [1.54, 1.807) is 19.2 Å². The number of nitrogens with zero attached hydrogens (tertiary/aromatic N) is 4. The molecule has 10 heteroatoms. The van der Waals surface area contributed by atoms with Gasteiger partial charge in [-0.05, 0) is 43.9 Å². The summed E-state index contributed by atoms with van der Waals surface area (Å²) in [5.74, 6) is 1.50. The third-order valence-corrected chi connectivity index (χ3v) is 8.78. The zero-order valence-corrected chi connectivity index (χ0v) is 19.0. The van der Waals surface area contributed by atoms with E-state index in [4.69, 9.17) is 9.26 Å². The predicted octanol–water partition coefficient (Wildman–Crippen LogP) is 3.22. The fourth-order valence-corrected chi connectivity index (χ4v) is 6.05. The molecule has 0 radical (unpaired) electrons. The lowest BCUT2D eigenvalue weighted by atomic mass is 9.85. The Labute approximate surface area is 187 Å². The van der Waals surface area contributed by atoms with E-state index in [1.165, 1.54) is 15.3 Å². The highest BCUT2D eigenvalue weighted by molar-refractivity contribution is 7.89. The summed E-state index contributed by atoms with van der Waals surface area (Å²) in [7, 11) is -2.05. The second-order valence-electron chi connectivity index (χ2n) is 8.89. The first-order valence-electron chi connectivity index (χ1n) is 11.3. The number of hydrogen-bond acceptors (Lipinski definition) is 7. The standard InChI is InChI=1S/C22H28N4O5S/c1-25(16-8-3-2-4-9-16)32(28,29)17-10-11-19-18(12-17)26(21(27)14-30-19)13-20-23-22(31-24-20)15-6-5-7-15/h10-12,15-16H,2-9,13-14H2,1H3. The molecule has 1 amide bonds. The van der Waals surface area contributed by atoms with Crippen molar-refractivity contribution in [2.75, 3.05) is 18.6 Å². The van der Waals surface area contributed by atoms with Crippen molar-refractivity contribution >= 4 is 21.6 Å². The highest BCUT2D eigenvalue weighted by atomic mass is 32.2. The molecule has 0 unspecified atom stereocenters. The molecule has 1 aliphatic heterocycles. The minimum Gasteiger partial charge on any atom is -0.482 e. The van der Waals surface area contributed by atoms with Gasteiger partial charge in [0.05, 0.1) is 17.1 Å². The van der Waals surface area contributed by atoms with Crippen molar-refractivity contribution in [3.05, 3.63) is 29.9 Å². The van der Waals surface area contributed by atoms with Crippen molar-refractivity contribution in [2.45, 2.75) is 74.8 Å². The van der Waals surface area contributed by atoms with Gasteiger partial charge in [0.25, 0.3) is 5.91 Å². The van der Waals surface area contributed by atoms with Gasteiger partial charge >= 0.3 is 0 Å². The lowest BCUT2D eigenvalue weighted by Gasteiger charge is -2.32. The molecule has 0 spiro atoms. The largest absolute Gasteiger partial charge is 0.482 e. The maximum Gasteiger partial charge on any atom is 0.265 e. The molecule has 0 N–H and O–H groups in total. The van der Waals surface area contributed by atoms with E-state index in [9.17, 15) is 13.2 Å². The van der Waals surface area contributed by atoms with E-state index in [0.29, 0.717) is 29.1 Å². The van der Waals surface area contributed by atoms with Crippen LogP contribution in [-0.4, -0.2) is 48.5 Å². The quantitative estimate of drug-likeness (QED) is 0.652. The second-order valence-corrected chi connectivity index (χ2v) is 10.9. The van der Waals surface area contributed by atoms with E-state index in [2.05, 4.69) is 10.1 Å². The van der Waals surface area contributed by atoms with E-state index < -0.39 is 10.0 Å². The van der Waals surface area contributed by atoms with Crippen LogP contribution < -0.4 is 9.64 Å². The van der Waals surface area contributed by atoms with Gasteiger partial charge in [0, 0.05) is 19.0 Å². The van der Waals surface area contributed by atoms with Crippen LogP contribution in [0.25, 0.3) is 0 Å². The Morgan fingerprint density at radius 3 is 2.62 bits per heavy atom. The van der Waals surface area contributed by atoms with Gasteiger partial charge in [-0.15, -0.1) is 0 Å². The average molecular weight is 461 g/mol. The third-order valence-electron chi connectivity index (χ3n) is 6.88. The van der Waals surface area contributed by atoms with Gasteiger partial charge in [-0.25, -0.2) is 8.42 Å². The number of carbonyl (C=O) groups excluding carboxylic acids is 1. The Bertz CT molecular complexity index is 1110. The number of hydrogen-bond donors (Lipinski definition) is 0. The normalized spacial score (nSPS) is 20.2. The Morgan fingerprint density at radius 2 is 1.91 bits per heavy atom. The first-order valence-corrected chi connectivity index (χ1v) is 12.8. The van der Waals surface area contributed by atoms with Crippen LogP contribution in [0.2, 0.25) is 0 Å². The lowest BCUT2D eigenvalue weighted by Crippen LogP contribution is -2.40. The summed E-state index contributed by atoms with van der Waals surface area (Å²) in [6.07, 6.45) is 8.20. The zero-order chi connectivity index (χ0) is 22.3. The summed E-state index contributed by atoms with van der Waals surface area (Å²) < 4.78 is 39.1. The Morgan fingerprint density at radius 1 is 1.12 bits per heavy atom. The predicted molar refractivity (Wildman–Crippen MR) is 116 cm³/mol. The molecule has 0 saturated heterocycles. The number of carbonyl (C=O) groups is 1. The van der Waals surface area contributed by atoms with Gasteiger partial charge < -0.3 is 9.26 Å². The molecule has 1 aromatic carbocycles. The van der Waals surface area contributed by atoms with Crippen molar-refractivity contribution in [2.24, 2.45) is 0 Å². The van der Waals surface area contributed by atoms with Crippen LogP contribution in [-0.2, 0) is 21.4 Å². The molecule has 5 rings (SSSR count). The molecule has 2 aromatic rings. The van der Waals surface area contributed by atoms with E-state index in [-0.39, 0.29) is 30.0 Å². The van der Waals surface area contributed by atoms with E-state index in [0.717, 1.165) is 51.4 Å². The molecule has 2 fully saturated rings. The summed E-state index contributed by atoms with van der Waals surface area (Å²) >= 11 is 0. The van der Waals surface area contributed by atoms with Crippen LogP contribution in [0.3, 0.4) is 0 Å². The smallest absolute Gasteiger partial charge is 0.265 e. The fourth-order valence-electron chi connectivity index (χ4n) is 4.62. The summed E-state index contributed by atoms with van der Waals surface area (Å²) in [6, 6.07) is 4.69. The first kappa shape index (κ1) is 21.4. The molecule has 2 saturated carbocycles. The Hall–Kier alpha value is -2.46. The molecule has 172 valence electrons. The van der Waals surface area contributed by atoms with Crippen molar-refractivity contribution in [1.82, 2.24) is 14.4 Å². The lowest BCUT2D eigenvalue weighted by molar-refractivity contribution is -0.121. The Kier molecular flexibility index (Phi) is 5.66. The maximum absolute atomic E-state index is 13.3. The molecule has 1 aromatic heterocycles. The number of anilines is 1. The summed E-state index contributed by atoms with van der Waals surface area (Å²) in [4.78, 5) is 18.8. The number of rotatable bonds is 6. The van der Waals surface area contributed by atoms with Gasteiger partial charge in [0.1, 0.15) is 5.75 Å². The Balaban J connectivity index is 1.42. The number of amides is 1. The highest BCUT2D eigenvalue weighted by Gasteiger charge is 2.33. The molecular formula is C22H28N4O5S. The van der Waals surface area contributed by atoms with Gasteiger partial charge in [-0.1, -0.05) is 30.8 Å². The van der Waals surface area contributed by atoms with Gasteiger partial charge in [-0.2, -0.15) is 9.29 Å². The monoisotopic (exact) mass is 460 g/mol. The number of benzene rings is 1.